The van der Waals surface area contributed by atoms with Crippen LogP contribution >= 0.6 is 0 Å². The summed E-state index contributed by atoms with van der Waals surface area (Å²) in [5.41, 5.74) is 1.13. The van der Waals surface area contributed by atoms with Crippen molar-refractivity contribution in [3.8, 4) is 5.82 Å². The third-order valence-electron chi connectivity index (χ3n) is 8.82. The van der Waals surface area contributed by atoms with Crippen LogP contribution in [-0.2, 0) is 4.74 Å². The van der Waals surface area contributed by atoms with Gasteiger partial charge in [0.1, 0.15) is 11.6 Å². The van der Waals surface area contributed by atoms with Crippen molar-refractivity contribution in [2.24, 2.45) is 5.92 Å². The summed E-state index contributed by atoms with van der Waals surface area (Å²) < 4.78 is 35.3. The van der Waals surface area contributed by atoms with Crippen molar-refractivity contribution >= 4 is 22.8 Å². The van der Waals surface area contributed by atoms with E-state index in [1.54, 1.807) is 12.1 Å². The van der Waals surface area contributed by atoms with Gasteiger partial charge in [0.05, 0.1) is 24.2 Å². The molecule has 0 unspecified atom stereocenters. The second-order valence-electron chi connectivity index (χ2n) is 11.5. The molecule has 1 aliphatic carbocycles. The molecule has 3 fully saturated rings. The highest BCUT2D eigenvalue weighted by molar-refractivity contribution is 5.78. The van der Waals surface area contributed by atoms with Crippen LogP contribution in [0.2, 0.25) is 0 Å². The van der Waals surface area contributed by atoms with Crippen LogP contribution in [0.5, 0.6) is 0 Å². The summed E-state index contributed by atoms with van der Waals surface area (Å²) in [6.45, 7) is 5.90. The second kappa shape index (κ2) is 12.8. The maximum absolute atomic E-state index is 14.1. The average Bonchev–Trinajstić information content (AvgIpc) is 3.37. The van der Waals surface area contributed by atoms with Crippen molar-refractivity contribution in [1.29, 1.82) is 0 Å². The molecule has 1 saturated carbocycles. The van der Waals surface area contributed by atoms with Crippen molar-refractivity contribution in [2.45, 2.75) is 70.3 Å². The number of halogens is 2. The van der Waals surface area contributed by atoms with E-state index >= 15 is 0 Å². The predicted octanol–water partition coefficient (Wildman–Crippen LogP) is 5.83. The van der Waals surface area contributed by atoms with E-state index in [-0.39, 0.29) is 5.82 Å². The molecule has 0 bridgehead atoms. The molecule has 40 heavy (non-hydrogen) atoms. The van der Waals surface area contributed by atoms with Gasteiger partial charge in [-0.25, -0.2) is 13.8 Å². The van der Waals surface area contributed by atoms with E-state index in [1.807, 2.05) is 18.2 Å². The van der Waals surface area contributed by atoms with Crippen LogP contribution < -0.4 is 10.2 Å². The molecule has 10 heteroatoms. The van der Waals surface area contributed by atoms with Crippen molar-refractivity contribution in [3.63, 3.8) is 0 Å². The first-order valence-corrected chi connectivity index (χ1v) is 15.1. The fraction of sp³-hybridized carbons (Fsp3) is 0.633. The number of hydrogen-bond acceptors (Lipinski definition) is 7. The molecule has 0 atom stereocenters. The Hall–Kier alpha value is -2.85. The number of nitrogens with one attached hydrogen (secondary N) is 1. The number of ether oxygens (including phenoxy) is 1. The van der Waals surface area contributed by atoms with Gasteiger partial charge in [-0.1, -0.05) is 31.4 Å². The summed E-state index contributed by atoms with van der Waals surface area (Å²) in [6.07, 6.45) is 8.93. The van der Waals surface area contributed by atoms with Crippen molar-refractivity contribution in [2.75, 3.05) is 56.2 Å². The number of rotatable bonds is 7. The Morgan fingerprint density at radius 1 is 0.850 bits per heavy atom. The summed E-state index contributed by atoms with van der Waals surface area (Å²) in [5.74, 6) is 1.85. The number of nitrogens with zero attached hydrogens (tertiary/aromatic N) is 6. The number of likely N-dealkylation sites (tertiary alicyclic amines) is 1. The number of alkyl halides is 2. The summed E-state index contributed by atoms with van der Waals surface area (Å²) in [4.78, 5) is 18.7. The smallest absolute Gasteiger partial charge is 0.296 e. The first-order valence-electron chi connectivity index (χ1n) is 15.1. The van der Waals surface area contributed by atoms with Gasteiger partial charge in [0, 0.05) is 31.7 Å². The molecule has 2 saturated heterocycles. The third-order valence-corrected chi connectivity index (χ3v) is 8.82. The Labute approximate surface area is 235 Å². The number of para-hydroxylation sites is 2. The highest BCUT2D eigenvalue weighted by Crippen LogP contribution is 2.31. The van der Waals surface area contributed by atoms with Crippen LogP contribution in [0, 0.1) is 5.92 Å². The molecule has 8 nitrogen and oxygen atoms in total. The Morgan fingerprint density at radius 3 is 2.30 bits per heavy atom. The minimum atomic E-state index is -2.73. The molecule has 0 radical (unpaired) electrons. The van der Waals surface area contributed by atoms with E-state index in [0.717, 1.165) is 12.4 Å². The van der Waals surface area contributed by atoms with Gasteiger partial charge in [0.2, 0.25) is 5.95 Å². The Morgan fingerprint density at radius 2 is 1.55 bits per heavy atom. The van der Waals surface area contributed by atoms with Crippen LogP contribution in [0.4, 0.5) is 20.5 Å². The summed E-state index contributed by atoms with van der Waals surface area (Å²) in [6, 6.07) is 9.72. The van der Waals surface area contributed by atoms with Crippen LogP contribution in [0.1, 0.15) is 70.0 Å². The lowest BCUT2D eigenvalue weighted by Gasteiger charge is -2.38. The summed E-state index contributed by atoms with van der Waals surface area (Å²) in [5, 5.41) is 3.49. The Balaban J connectivity index is 1.20. The van der Waals surface area contributed by atoms with Gasteiger partial charge >= 0.3 is 0 Å². The summed E-state index contributed by atoms with van der Waals surface area (Å²) in [7, 11) is 0. The zero-order chi connectivity index (χ0) is 27.3. The molecule has 0 amide bonds. The third kappa shape index (κ3) is 6.22. The highest BCUT2D eigenvalue weighted by Gasteiger charge is 2.27. The SMILES string of the molecule is FC(F)c1nc2ccccc2n1-c1cc(N2CCOCC2)nc(NCC2CCC(N3CCCCCCC3)CC2)n1. The molecule has 216 valence electrons. The van der Waals surface area contributed by atoms with Gasteiger partial charge < -0.3 is 19.9 Å². The second-order valence-corrected chi connectivity index (χ2v) is 11.5. The van der Waals surface area contributed by atoms with Crippen molar-refractivity contribution in [1.82, 2.24) is 24.4 Å². The topological polar surface area (TPSA) is 71.3 Å². The molecule has 0 spiro atoms. The molecule has 6 rings (SSSR count). The van der Waals surface area contributed by atoms with Crippen molar-refractivity contribution in [3.05, 3.63) is 36.2 Å². The number of imidazole rings is 1. The normalized spacial score (nSPS) is 23.3. The van der Waals surface area contributed by atoms with E-state index in [2.05, 4.69) is 20.1 Å². The number of benzene rings is 1. The molecule has 1 aromatic carbocycles. The average molecular weight is 554 g/mol. The quantitative estimate of drug-likeness (QED) is 0.395. The monoisotopic (exact) mass is 553 g/mol. The Bertz CT molecular complexity index is 1250. The first kappa shape index (κ1) is 27.3. The zero-order valence-electron chi connectivity index (χ0n) is 23.3. The minimum absolute atomic E-state index is 0.304. The number of morpholine rings is 1. The number of hydrogen-bond donors (Lipinski definition) is 1. The van der Waals surface area contributed by atoms with E-state index in [1.165, 1.54) is 75.4 Å². The maximum Gasteiger partial charge on any atom is 0.296 e. The maximum atomic E-state index is 14.1. The van der Waals surface area contributed by atoms with Crippen molar-refractivity contribution < 1.29 is 13.5 Å². The fourth-order valence-corrected chi connectivity index (χ4v) is 6.59. The fourth-order valence-electron chi connectivity index (χ4n) is 6.59. The van der Waals surface area contributed by atoms with E-state index in [9.17, 15) is 8.78 Å². The van der Waals surface area contributed by atoms with Gasteiger partial charge in [-0.15, -0.1) is 0 Å². The minimum Gasteiger partial charge on any atom is -0.378 e. The highest BCUT2D eigenvalue weighted by atomic mass is 19.3. The number of aromatic nitrogens is 4. The van der Waals surface area contributed by atoms with E-state index in [0.29, 0.717) is 61.1 Å². The van der Waals surface area contributed by atoms with Gasteiger partial charge in [-0.05, 0) is 69.7 Å². The number of anilines is 2. The van der Waals surface area contributed by atoms with E-state index < -0.39 is 6.43 Å². The van der Waals surface area contributed by atoms with Gasteiger partial charge in [-0.3, -0.25) is 4.57 Å². The first-order chi connectivity index (χ1) is 19.7. The van der Waals surface area contributed by atoms with Crippen LogP contribution in [0.15, 0.2) is 30.3 Å². The van der Waals surface area contributed by atoms with Crippen LogP contribution in [0.25, 0.3) is 16.9 Å². The van der Waals surface area contributed by atoms with Crippen LogP contribution in [0.3, 0.4) is 0 Å². The molecular weight excluding hydrogens is 512 g/mol. The lowest BCUT2D eigenvalue weighted by molar-refractivity contribution is 0.122. The summed E-state index contributed by atoms with van der Waals surface area (Å²) >= 11 is 0. The van der Waals surface area contributed by atoms with E-state index in [4.69, 9.17) is 14.7 Å². The molecule has 3 aliphatic rings. The van der Waals surface area contributed by atoms with Crippen LogP contribution in [-0.4, -0.2) is 76.4 Å². The largest absolute Gasteiger partial charge is 0.378 e. The standard InChI is InChI=1S/C30H41F2N7O/c31-28(32)29-34-24-8-4-5-9-25(24)39(29)27-20-26(38-16-18-40-19-17-38)35-30(36-27)33-21-22-10-12-23(13-11-22)37-14-6-2-1-3-7-15-37/h4-5,8-9,20,22-23,28H,1-3,6-7,10-19,21H2,(H,33,35,36). The van der Waals surface area contributed by atoms with Gasteiger partial charge in [0.25, 0.3) is 6.43 Å². The zero-order valence-corrected chi connectivity index (χ0v) is 23.3. The predicted molar refractivity (Wildman–Crippen MR) is 154 cm³/mol. The molecule has 1 N–H and O–H groups in total. The van der Waals surface area contributed by atoms with Gasteiger partial charge in [-0.2, -0.15) is 9.97 Å². The molecular formula is C30H41F2N7O. The lowest BCUT2D eigenvalue weighted by atomic mass is 9.85. The molecule has 3 aromatic rings. The number of fused-ring (bicyclic) bond motifs is 1. The molecule has 4 heterocycles. The molecule has 2 aliphatic heterocycles. The lowest BCUT2D eigenvalue weighted by Crippen LogP contribution is -2.40. The Kier molecular flexibility index (Phi) is 8.72. The molecule has 2 aromatic heterocycles. The van der Waals surface area contributed by atoms with Gasteiger partial charge in [0.15, 0.2) is 5.82 Å².